The van der Waals surface area contributed by atoms with E-state index >= 15 is 0 Å². The molecule has 0 unspecified atom stereocenters. The summed E-state index contributed by atoms with van der Waals surface area (Å²) in [7, 11) is 1.95. The summed E-state index contributed by atoms with van der Waals surface area (Å²) in [4.78, 5) is 15.1. The summed E-state index contributed by atoms with van der Waals surface area (Å²) in [6.45, 7) is 4.85. The number of aromatic nitrogens is 4. The lowest BCUT2D eigenvalue weighted by molar-refractivity contribution is 0.0728. The normalized spacial score (nSPS) is 17.0. The highest BCUT2D eigenvalue weighted by molar-refractivity contribution is 5.92. The van der Waals surface area contributed by atoms with Crippen LogP contribution in [0.25, 0.3) is 5.69 Å². The van der Waals surface area contributed by atoms with E-state index < -0.39 is 0 Å². The monoisotopic (exact) mass is 349 g/mol. The summed E-state index contributed by atoms with van der Waals surface area (Å²) >= 11 is 0. The van der Waals surface area contributed by atoms with Crippen molar-refractivity contribution in [3.63, 3.8) is 0 Å². The number of likely N-dealkylation sites (tertiary alicyclic amines) is 1. The van der Waals surface area contributed by atoms with Gasteiger partial charge in [0.2, 0.25) is 0 Å². The molecule has 0 radical (unpaired) electrons. The van der Waals surface area contributed by atoms with Gasteiger partial charge in [0, 0.05) is 31.0 Å². The van der Waals surface area contributed by atoms with Crippen LogP contribution in [0.2, 0.25) is 0 Å². The van der Waals surface area contributed by atoms with E-state index in [1.54, 1.807) is 10.7 Å². The molecule has 2 aromatic heterocycles. The van der Waals surface area contributed by atoms with E-state index in [2.05, 4.69) is 17.1 Å². The molecule has 0 spiro atoms. The molecule has 1 aliphatic heterocycles. The van der Waals surface area contributed by atoms with Crippen LogP contribution in [-0.4, -0.2) is 36.9 Å². The van der Waals surface area contributed by atoms with Crippen LogP contribution in [0.1, 0.15) is 46.3 Å². The largest absolute Gasteiger partial charge is 0.330 e. The smallest absolute Gasteiger partial charge is 0.274 e. The molecule has 1 fully saturated rings. The summed E-state index contributed by atoms with van der Waals surface area (Å²) < 4.78 is 3.65. The lowest BCUT2D eigenvalue weighted by atomic mass is 10.0. The van der Waals surface area contributed by atoms with Gasteiger partial charge >= 0.3 is 0 Å². The van der Waals surface area contributed by atoms with Crippen molar-refractivity contribution in [3.8, 4) is 5.69 Å². The minimum atomic E-state index is -0.00941. The molecular weight excluding hydrogens is 326 g/mol. The van der Waals surface area contributed by atoms with Gasteiger partial charge in [-0.25, -0.2) is 4.68 Å². The first-order chi connectivity index (χ1) is 12.6. The van der Waals surface area contributed by atoms with Crippen LogP contribution >= 0.6 is 0 Å². The number of rotatable bonds is 3. The van der Waals surface area contributed by atoms with Crippen molar-refractivity contribution in [2.75, 3.05) is 6.54 Å². The summed E-state index contributed by atoms with van der Waals surface area (Å²) in [5.74, 6) is -0.00941. The van der Waals surface area contributed by atoms with Crippen LogP contribution in [0, 0.1) is 13.8 Å². The second-order valence-electron chi connectivity index (χ2n) is 6.85. The van der Waals surface area contributed by atoms with Crippen molar-refractivity contribution < 1.29 is 4.79 Å². The van der Waals surface area contributed by atoms with Gasteiger partial charge in [-0.15, -0.1) is 0 Å². The maximum Gasteiger partial charge on any atom is 0.274 e. The van der Waals surface area contributed by atoms with Crippen LogP contribution in [-0.2, 0) is 7.05 Å². The van der Waals surface area contributed by atoms with Gasteiger partial charge in [-0.1, -0.05) is 18.2 Å². The molecule has 1 aliphatic rings. The van der Waals surface area contributed by atoms with Crippen LogP contribution < -0.4 is 0 Å². The van der Waals surface area contributed by atoms with Gasteiger partial charge in [-0.05, 0) is 44.9 Å². The molecule has 4 rings (SSSR count). The van der Waals surface area contributed by atoms with Gasteiger partial charge in [0.15, 0.2) is 5.69 Å². The zero-order valence-electron chi connectivity index (χ0n) is 15.4. The average Bonchev–Trinajstić information content (AvgIpc) is 3.36. The fourth-order valence-corrected chi connectivity index (χ4v) is 3.89. The highest BCUT2D eigenvalue weighted by Gasteiger charge is 2.34. The standard InChI is InChI=1S/C20H23N5O/c1-14-19(15(2)23(3)21-14)18-10-7-12-24(18)20(26)17-11-13-25(22-17)16-8-5-4-6-9-16/h4-6,8-9,11,13,18H,7,10,12H2,1-3H3/t18-/m0/s1. The van der Waals surface area contributed by atoms with Crippen LogP contribution in [0.4, 0.5) is 0 Å². The number of para-hydroxylation sites is 1. The minimum Gasteiger partial charge on any atom is -0.330 e. The Hall–Kier alpha value is -2.89. The molecule has 3 heterocycles. The predicted molar refractivity (Wildman–Crippen MR) is 99.3 cm³/mol. The Kier molecular flexibility index (Phi) is 4.11. The maximum absolute atomic E-state index is 13.1. The van der Waals surface area contributed by atoms with Crippen molar-refractivity contribution in [1.29, 1.82) is 0 Å². The Balaban J connectivity index is 1.63. The van der Waals surface area contributed by atoms with E-state index in [4.69, 9.17) is 0 Å². The maximum atomic E-state index is 13.1. The number of aryl methyl sites for hydroxylation is 2. The molecule has 0 saturated carbocycles. The lowest BCUT2D eigenvalue weighted by Gasteiger charge is -2.24. The first-order valence-electron chi connectivity index (χ1n) is 8.98. The number of nitrogens with zero attached hydrogens (tertiary/aromatic N) is 5. The fraction of sp³-hybridized carbons (Fsp3) is 0.350. The quantitative estimate of drug-likeness (QED) is 0.730. The van der Waals surface area contributed by atoms with Crippen molar-refractivity contribution in [2.24, 2.45) is 7.05 Å². The van der Waals surface area contributed by atoms with Gasteiger partial charge in [-0.3, -0.25) is 9.48 Å². The Morgan fingerprint density at radius 1 is 1.12 bits per heavy atom. The summed E-state index contributed by atoms with van der Waals surface area (Å²) in [6, 6.07) is 11.7. The molecule has 1 saturated heterocycles. The summed E-state index contributed by atoms with van der Waals surface area (Å²) in [5.41, 5.74) is 4.75. The molecule has 0 N–H and O–H groups in total. The number of hydrogen-bond donors (Lipinski definition) is 0. The van der Waals surface area contributed by atoms with Crippen molar-refractivity contribution >= 4 is 5.91 Å². The first kappa shape index (κ1) is 16.6. The van der Waals surface area contributed by atoms with Gasteiger partial charge in [-0.2, -0.15) is 10.2 Å². The van der Waals surface area contributed by atoms with Crippen molar-refractivity contribution in [2.45, 2.75) is 32.7 Å². The summed E-state index contributed by atoms with van der Waals surface area (Å²) in [6.07, 6.45) is 3.82. The number of carbonyl (C=O) groups is 1. The Labute approximate surface area is 153 Å². The van der Waals surface area contributed by atoms with Crippen molar-refractivity contribution in [1.82, 2.24) is 24.5 Å². The molecule has 3 aromatic rings. The van der Waals surface area contributed by atoms with Gasteiger partial charge in [0.25, 0.3) is 5.91 Å². The van der Waals surface area contributed by atoms with E-state index in [-0.39, 0.29) is 11.9 Å². The molecule has 0 bridgehead atoms. The molecule has 134 valence electrons. The number of amides is 1. The second-order valence-corrected chi connectivity index (χ2v) is 6.85. The average molecular weight is 349 g/mol. The van der Waals surface area contributed by atoms with Crippen LogP contribution in [0.15, 0.2) is 42.6 Å². The third-order valence-electron chi connectivity index (χ3n) is 5.24. The highest BCUT2D eigenvalue weighted by atomic mass is 16.2. The highest BCUT2D eigenvalue weighted by Crippen LogP contribution is 2.36. The summed E-state index contributed by atoms with van der Waals surface area (Å²) in [5, 5.41) is 9.03. The lowest BCUT2D eigenvalue weighted by Crippen LogP contribution is -2.31. The molecule has 0 aliphatic carbocycles. The number of carbonyl (C=O) groups excluding carboxylic acids is 1. The second kappa shape index (κ2) is 6.44. The molecule has 1 atom stereocenters. The van der Waals surface area contributed by atoms with E-state index in [1.807, 2.05) is 60.1 Å². The Bertz CT molecular complexity index is 941. The molecule has 1 amide bonds. The van der Waals surface area contributed by atoms with Crippen LogP contribution in [0.5, 0.6) is 0 Å². The number of benzene rings is 1. The zero-order chi connectivity index (χ0) is 18.3. The van der Waals surface area contributed by atoms with E-state index in [9.17, 15) is 4.79 Å². The first-order valence-corrected chi connectivity index (χ1v) is 8.98. The van der Waals surface area contributed by atoms with E-state index in [1.165, 1.54) is 5.56 Å². The van der Waals surface area contributed by atoms with Crippen LogP contribution in [0.3, 0.4) is 0 Å². The third kappa shape index (κ3) is 2.71. The Morgan fingerprint density at radius 2 is 1.88 bits per heavy atom. The SMILES string of the molecule is Cc1nn(C)c(C)c1[C@@H]1CCCN1C(=O)c1ccn(-c2ccccc2)n1. The number of hydrogen-bond acceptors (Lipinski definition) is 3. The third-order valence-corrected chi connectivity index (χ3v) is 5.24. The molecule has 6 nitrogen and oxygen atoms in total. The Morgan fingerprint density at radius 3 is 2.58 bits per heavy atom. The molecular formula is C20H23N5O. The zero-order valence-corrected chi connectivity index (χ0v) is 15.4. The molecule has 6 heteroatoms. The van der Waals surface area contributed by atoms with E-state index in [0.717, 1.165) is 36.5 Å². The fourth-order valence-electron chi connectivity index (χ4n) is 3.89. The minimum absolute atomic E-state index is 0.00941. The molecule has 1 aromatic carbocycles. The van der Waals surface area contributed by atoms with Gasteiger partial charge in [0.1, 0.15) is 0 Å². The molecule has 26 heavy (non-hydrogen) atoms. The topological polar surface area (TPSA) is 56.0 Å². The van der Waals surface area contributed by atoms with Crippen molar-refractivity contribution in [3.05, 3.63) is 65.2 Å². The van der Waals surface area contributed by atoms with Gasteiger partial charge < -0.3 is 4.90 Å². The van der Waals surface area contributed by atoms with E-state index in [0.29, 0.717) is 5.69 Å². The predicted octanol–water partition coefficient (Wildman–Crippen LogP) is 3.20. The van der Waals surface area contributed by atoms with Gasteiger partial charge in [0.05, 0.1) is 17.4 Å².